The van der Waals surface area contributed by atoms with E-state index < -0.39 is 0 Å². The summed E-state index contributed by atoms with van der Waals surface area (Å²) in [5, 5.41) is 1.12. The lowest BCUT2D eigenvalue weighted by atomic mass is 10.2. The number of aryl methyl sites for hydroxylation is 1. The summed E-state index contributed by atoms with van der Waals surface area (Å²) >= 11 is 1.79. The molecule has 12 heavy (non-hydrogen) atoms. The molecule has 1 aliphatic heterocycles. The minimum Gasteiger partial charge on any atom is -0.322 e. The average Bonchev–Trinajstić information content (AvgIpc) is 2.49. The van der Waals surface area contributed by atoms with E-state index in [-0.39, 0.29) is 6.04 Å². The van der Waals surface area contributed by atoms with E-state index in [1.54, 1.807) is 11.8 Å². The molecule has 0 amide bonds. The summed E-state index contributed by atoms with van der Waals surface area (Å²) < 4.78 is 0. The molecular weight excluding hydrogens is 170 g/mol. The molecule has 0 radical (unpaired) electrons. The molecule has 0 bridgehead atoms. The number of thioether (sulfide) groups is 1. The van der Waals surface area contributed by atoms with Gasteiger partial charge in [0, 0.05) is 17.5 Å². The molecule has 3 nitrogen and oxygen atoms in total. The molecule has 2 heterocycles. The first-order valence-electron chi connectivity index (χ1n) is 4.01. The van der Waals surface area contributed by atoms with E-state index in [1.165, 1.54) is 5.56 Å². The number of nitrogens with two attached hydrogens (primary N) is 1. The minimum absolute atomic E-state index is 0.0588. The highest BCUT2D eigenvalue weighted by Gasteiger charge is 2.14. The fourth-order valence-electron chi connectivity index (χ4n) is 1.18. The van der Waals surface area contributed by atoms with E-state index in [4.69, 9.17) is 5.73 Å². The van der Waals surface area contributed by atoms with Gasteiger partial charge in [-0.2, -0.15) is 0 Å². The minimum atomic E-state index is -0.0588. The lowest BCUT2D eigenvalue weighted by Crippen LogP contribution is -2.10. The third-order valence-corrected chi connectivity index (χ3v) is 2.90. The molecule has 2 N–H and O–H groups in total. The fourth-order valence-corrected chi connectivity index (χ4v) is 2.19. The van der Waals surface area contributed by atoms with Crippen LogP contribution in [0.4, 0.5) is 0 Å². The first-order chi connectivity index (χ1) is 5.77. The van der Waals surface area contributed by atoms with Crippen LogP contribution in [0.2, 0.25) is 0 Å². The van der Waals surface area contributed by atoms with E-state index >= 15 is 0 Å². The molecule has 0 saturated heterocycles. The lowest BCUT2D eigenvalue weighted by molar-refractivity contribution is 0.717. The Labute approximate surface area is 75.8 Å². The van der Waals surface area contributed by atoms with Crippen LogP contribution in [0.3, 0.4) is 0 Å². The maximum atomic E-state index is 5.67. The molecule has 0 spiro atoms. The van der Waals surface area contributed by atoms with Crippen molar-refractivity contribution in [3.63, 3.8) is 0 Å². The molecule has 0 saturated carbocycles. The monoisotopic (exact) mass is 181 g/mol. The third kappa shape index (κ3) is 1.32. The second kappa shape index (κ2) is 3.03. The standard InChI is InChI=1S/C8H11N3S/c1-5(9)7-10-4-6-2-3-12-8(6)11-7/h4-5H,2-3,9H2,1H3. The van der Waals surface area contributed by atoms with Crippen molar-refractivity contribution in [2.24, 2.45) is 5.73 Å². The van der Waals surface area contributed by atoms with Gasteiger partial charge in [0.25, 0.3) is 0 Å². The molecule has 0 fully saturated rings. The van der Waals surface area contributed by atoms with Crippen LogP contribution in [-0.4, -0.2) is 15.7 Å². The summed E-state index contributed by atoms with van der Waals surface area (Å²) in [7, 11) is 0. The summed E-state index contributed by atoms with van der Waals surface area (Å²) in [6.45, 7) is 1.90. The van der Waals surface area contributed by atoms with Gasteiger partial charge in [0.1, 0.15) is 10.9 Å². The zero-order valence-electron chi connectivity index (χ0n) is 6.95. The van der Waals surface area contributed by atoms with Crippen LogP contribution in [0.15, 0.2) is 11.2 Å². The summed E-state index contributed by atoms with van der Waals surface area (Å²) in [6, 6.07) is -0.0588. The summed E-state index contributed by atoms with van der Waals surface area (Å²) in [5.74, 6) is 1.88. The maximum absolute atomic E-state index is 5.67. The van der Waals surface area contributed by atoms with Gasteiger partial charge in [-0.1, -0.05) is 0 Å². The molecule has 64 valence electrons. The summed E-state index contributed by atoms with van der Waals surface area (Å²) in [6.07, 6.45) is 3.00. The largest absolute Gasteiger partial charge is 0.322 e. The molecule has 0 aromatic carbocycles. The predicted octanol–water partition coefficient (Wildman–Crippen LogP) is 1.14. The van der Waals surface area contributed by atoms with Gasteiger partial charge in [-0.05, 0) is 13.3 Å². The molecule has 2 rings (SSSR count). The van der Waals surface area contributed by atoms with Gasteiger partial charge in [0.2, 0.25) is 0 Å². The zero-order chi connectivity index (χ0) is 8.55. The Morgan fingerprint density at radius 2 is 2.50 bits per heavy atom. The Kier molecular flexibility index (Phi) is 2.02. The van der Waals surface area contributed by atoms with Crippen molar-refractivity contribution in [1.82, 2.24) is 9.97 Å². The Balaban J connectivity index is 2.39. The van der Waals surface area contributed by atoms with Crippen molar-refractivity contribution in [2.75, 3.05) is 5.75 Å². The first kappa shape index (κ1) is 8.01. The second-order valence-corrected chi connectivity index (χ2v) is 4.03. The number of fused-ring (bicyclic) bond motifs is 1. The van der Waals surface area contributed by atoms with Gasteiger partial charge in [-0.25, -0.2) is 9.97 Å². The van der Waals surface area contributed by atoms with Gasteiger partial charge >= 0.3 is 0 Å². The van der Waals surface area contributed by atoms with Crippen LogP contribution < -0.4 is 5.73 Å². The first-order valence-corrected chi connectivity index (χ1v) is 5.00. The number of nitrogens with zero attached hydrogens (tertiary/aromatic N) is 2. The van der Waals surface area contributed by atoms with E-state index in [9.17, 15) is 0 Å². The lowest BCUT2D eigenvalue weighted by Gasteiger charge is -2.04. The van der Waals surface area contributed by atoms with Crippen molar-refractivity contribution < 1.29 is 0 Å². The van der Waals surface area contributed by atoms with Crippen molar-refractivity contribution >= 4 is 11.8 Å². The second-order valence-electron chi connectivity index (χ2n) is 2.95. The molecule has 1 aliphatic rings. The molecule has 1 atom stereocenters. The smallest absolute Gasteiger partial charge is 0.145 e. The molecule has 1 unspecified atom stereocenters. The summed E-state index contributed by atoms with van der Waals surface area (Å²) in [4.78, 5) is 8.58. The van der Waals surface area contributed by atoms with Crippen LogP contribution in [0.1, 0.15) is 24.4 Å². The van der Waals surface area contributed by atoms with Crippen LogP contribution in [0.5, 0.6) is 0 Å². The normalized spacial score (nSPS) is 17.5. The summed E-state index contributed by atoms with van der Waals surface area (Å²) in [5.41, 5.74) is 6.94. The Hall–Kier alpha value is -0.610. The topological polar surface area (TPSA) is 51.8 Å². The predicted molar refractivity (Wildman–Crippen MR) is 49.1 cm³/mol. The number of hydrogen-bond donors (Lipinski definition) is 1. The van der Waals surface area contributed by atoms with Gasteiger partial charge in [-0.15, -0.1) is 11.8 Å². The molecule has 1 aromatic heterocycles. The van der Waals surface area contributed by atoms with Crippen molar-refractivity contribution in [3.8, 4) is 0 Å². The van der Waals surface area contributed by atoms with Crippen LogP contribution in [-0.2, 0) is 6.42 Å². The van der Waals surface area contributed by atoms with Gasteiger partial charge in [0.15, 0.2) is 0 Å². The highest BCUT2D eigenvalue weighted by atomic mass is 32.2. The number of rotatable bonds is 1. The van der Waals surface area contributed by atoms with Crippen LogP contribution in [0, 0.1) is 0 Å². The maximum Gasteiger partial charge on any atom is 0.145 e. The highest BCUT2D eigenvalue weighted by Crippen LogP contribution is 2.28. The van der Waals surface area contributed by atoms with Crippen molar-refractivity contribution in [1.29, 1.82) is 0 Å². The molecule has 1 aromatic rings. The van der Waals surface area contributed by atoms with E-state index in [2.05, 4.69) is 9.97 Å². The Morgan fingerprint density at radius 3 is 3.25 bits per heavy atom. The fraction of sp³-hybridized carbons (Fsp3) is 0.500. The van der Waals surface area contributed by atoms with Crippen LogP contribution >= 0.6 is 11.8 Å². The Morgan fingerprint density at radius 1 is 1.67 bits per heavy atom. The van der Waals surface area contributed by atoms with E-state index in [0.29, 0.717) is 0 Å². The quantitative estimate of drug-likeness (QED) is 0.660. The van der Waals surface area contributed by atoms with Gasteiger partial charge in [-0.3, -0.25) is 0 Å². The van der Waals surface area contributed by atoms with Gasteiger partial charge in [0.05, 0.1) is 6.04 Å². The van der Waals surface area contributed by atoms with E-state index in [1.807, 2.05) is 13.1 Å². The van der Waals surface area contributed by atoms with Crippen molar-refractivity contribution in [2.45, 2.75) is 24.4 Å². The van der Waals surface area contributed by atoms with Gasteiger partial charge < -0.3 is 5.73 Å². The number of hydrogen-bond acceptors (Lipinski definition) is 4. The van der Waals surface area contributed by atoms with Crippen LogP contribution in [0.25, 0.3) is 0 Å². The highest BCUT2D eigenvalue weighted by molar-refractivity contribution is 7.99. The zero-order valence-corrected chi connectivity index (χ0v) is 7.77. The van der Waals surface area contributed by atoms with E-state index in [0.717, 1.165) is 23.0 Å². The average molecular weight is 181 g/mol. The SMILES string of the molecule is CC(N)c1ncc2c(n1)SCC2. The van der Waals surface area contributed by atoms with Crippen molar-refractivity contribution in [3.05, 3.63) is 17.6 Å². The molecule has 4 heteroatoms. The number of aromatic nitrogens is 2. The third-order valence-electron chi connectivity index (χ3n) is 1.86. The Bertz CT molecular complexity index is 298. The molecular formula is C8H11N3S. The molecule has 0 aliphatic carbocycles.